The summed E-state index contributed by atoms with van der Waals surface area (Å²) in [5.74, 6) is -0.600. The molecule has 1 aliphatic rings. The number of aryl methyl sites for hydroxylation is 2. The van der Waals surface area contributed by atoms with E-state index < -0.39 is 11.8 Å². The van der Waals surface area contributed by atoms with Crippen molar-refractivity contribution >= 4 is 52.0 Å². The van der Waals surface area contributed by atoms with E-state index in [9.17, 15) is 9.59 Å². The molecule has 7 heteroatoms. The number of benzene rings is 3. The van der Waals surface area contributed by atoms with E-state index in [1.54, 1.807) is 36.4 Å². The summed E-state index contributed by atoms with van der Waals surface area (Å²) in [6.07, 6.45) is 0. The van der Waals surface area contributed by atoms with Crippen molar-refractivity contribution in [2.24, 2.45) is 0 Å². The van der Waals surface area contributed by atoms with Crippen LogP contribution in [0.4, 0.5) is 11.4 Å². The van der Waals surface area contributed by atoms with Gasteiger partial charge in [0.1, 0.15) is 11.4 Å². The second-order valence-electron chi connectivity index (χ2n) is 7.46. The molecule has 0 unspecified atom stereocenters. The summed E-state index contributed by atoms with van der Waals surface area (Å²) >= 11 is 12.3. The first kappa shape index (κ1) is 21.9. The van der Waals surface area contributed by atoms with Gasteiger partial charge in [-0.1, -0.05) is 53.0 Å². The fourth-order valence-electron chi connectivity index (χ4n) is 3.59. The maximum Gasteiger partial charge on any atom is 0.282 e. The maximum absolute atomic E-state index is 13.6. The van der Waals surface area contributed by atoms with E-state index in [4.69, 9.17) is 27.9 Å². The average molecular weight is 467 g/mol. The summed E-state index contributed by atoms with van der Waals surface area (Å²) in [4.78, 5) is 28.3. The van der Waals surface area contributed by atoms with Crippen molar-refractivity contribution in [2.75, 3.05) is 17.3 Å². The fraction of sp³-hybridized carbons (Fsp3) is 0.120. The van der Waals surface area contributed by atoms with Crippen LogP contribution in [0.1, 0.15) is 16.7 Å². The first-order chi connectivity index (χ1) is 15.3. The molecule has 0 fully saturated rings. The van der Waals surface area contributed by atoms with Crippen LogP contribution in [0.25, 0.3) is 5.57 Å². The molecule has 1 N–H and O–H groups in total. The quantitative estimate of drug-likeness (QED) is 0.467. The number of ether oxygens (including phenoxy) is 1. The highest BCUT2D eigenvalue weighted by molar-refractivity contribution is 6.46. The lowest BCUT2D eigenvalue weighted by Gasteiger charge is -2.19. The molecule has 0 bridgehead atoms. The number of anilines is 2. The van der Waals surface area contributed by atoms with Crippen molar-refractivity contribution in [1.29, 1.82) is 0 Å². The van der Waals surface area contributed by atoms with E-state index in [1.807, 2.05) is 38.1 Å². The van der Waals surface area contributed by atoms with Gasteiger partial charge in [0.05, 0.1) is 18.4 Å². The van der Waals surface area contributed by atoms with Crippen molar-refractivity contribution in [2.45, 2.75) is 13.8 Å². The minimum absolute atomic E-state index is 0.173. The molecule has 1 aliphatic heterocycles. The Labute approximate surface area is 196 Å². The van der Waals surface area contributed by atoms with Crippen LogP contribution in [0.15, 0.2) is 66.4 Å². The molecule has 5 nitrogen and oxygen atoms in total. The zero-order valence-corrected chi connectivity index (χ0v) is 19.2. The van der Waals surface area contributed by atoms with Crippen LogP contribution in [0.2, 0.25) is 10.0 Å². The summed E-state index contributed by atoms with van der Waals surface area (Å²) in [5.41, 5.74) is 3.92. The minimum Gasteiger partial charge on any atom is -0.495 e. The molecule has 0 atom stereocenters. The number of methoxy groups -OCH3 is 1. The van der Waals surface area contributed by atoms with Crippen molar-refractivity contribution in [3.8, 4) is 5.75 Å². The highest BCUT2D eigenvalue weighted by atomic mass is 35.5. The largest absolute Gasteiger partial charge is 0.495 e. The van der Waals surface area contributed by atoms with Crippen molar-refractivity contribution in [3.05, 3.63) is 93.1 Å². The number of carbonyl (C=O) groups excluding carboxylic acids is 2. The third-order valence-electron chi connectivity index (χ3n) is 5.25. The Morgan fingerprint density at radius 3 is 2.16 bits per heavy atom. The molecule has 0 radical (unpaired) electrons. The SMILES string of the molecule is COc1ccc(Cl)cc1N1C(=O)C(Nc2ccc(Cl)cc2C)=C(c2ccc(C)cc2)C1=O. The zero-order valence-electron chi connectivity index (χ0n) is 17.7. The number of carbonyl (C=O) groups is 2. The third kappa shape index (κ3) is 3.97. The van der Waals surface area contributed by atoms with Gasteiger partial charge in [0, 0.05) is 15.7 Å². The Balaban J connectivity index is 1.87. The summed E-state index contributed by atoms with van der Waals surface area (Å²) in [5, 5.41) is 4.13. The molecule has 4 rings (SSSR count). The number of rotatable bonds is 5. The van der Waals surface area contributed by atoms with Gasteiger partial charge in [-0.3, -0.25) is 9.59 Å². The monoisotopic (exact) mass is 466 g/mol. The predicted molar refractivity (Wildman–Crippen MR) is 128 cm³/mol. The molecular formula is C25H20Cl2N2O3. The number of nitrogens with zero attached hydrogens (tertiary/aromatic N) is 1. The molecule has 3 aromatic carbocycles. The highest BCUT2D eigenvalue weighted by Crippen LogP contribution is 2.39. The van der Waals surface area contributed by atoms with Gasteiger partial charge in [0.2, 0.25) is 0 Å². The Kier molecular flexibility index (Phi) is 5.96. The van der Waals surface area contributed by atoms with E-state index in [0.717, 1.165) is 16.0 Å². The van der Waals surface area contributed by atoms with E-state index in [-0.39, 0.29) is 17.0 Å². The van der Waals surface area contributed by atoms with Gasteiger partial charge in [-0.25, -0.2) is 4.90 Å². The first-order valence-corrected chi connectivity index (χ1v) is 10.6. The normalized spacial score (nSPS) is 13.7. The molecule has 0 aliphatic carbocycles. The molecule has 162 valence electrons. The summed E-state index contributed by atoms with van der Waals surface area (Å²) in [6.45, 7) is 3.83. The van der Waals surface area contributed by atoms with Gasteiger partial charge >= 0.3 is 0 Å². The van der Waals surface area contributed by atoms with Gasteiger partial charge in [0.15, 0.2) is 0 Å². The van der Waals surface area contributed by atoms with Crippen molar-refractivity contribution < 1.29 is 14.3 Å². The maximum atomic E-state index is 13.6. The van der Waals surface area contributed by atoms with Crippen LogP contribution < -0.4 is 15.0 Å². The van der Waals surface area contributed by atoms with Gasteiger partial charge in [-0.15, -0.1) is 0 Å². The number of hydrogen-bond donors (Lipinski definition) is 1. The standard InChI is InChI=1S/C25H20Cl2N2O3/c1-14-4-6-16(7-5-14)22-23(28-19-10-8-17(26)12-15(19)2)25(31)29(24(22)30)20-13-18(27)9-11-21(20)32-3/h4-13,28H,1-3H3. The average Bonchev–Trinajstić information content (AvgIpc) is 3.00. The fourth-order valence-corrected chi connectivity index (χ4v) is 3.99. The third-order valence-corrected chi connectivity index (χ3v) is 5.72. The smallest absolute Gasteiger partial charge is 0.282 e. The van der Waals surface area contributed by atoms with Gasteiger partial charge in [-0.2, -0.15) is 0 Å². The van der Waals surface area contributed by atoms with Gasteiger partial charge in [-0.05, 0) is 61.4 Å². The van der Waals surface area contributed by atoms with Crippen molar-refractivity contribution in [1.82, 2.24) is 0 Å². The van der Waals surface area contributed by atoms with E-state index >= 15 is 0 Å². The summed E-state index contributed by atoms with van der Waals surface area (Å²) in [7, 11) is 1.47. The lowest BCUT2D eigenvalue weighted by molar-refractivity contribution is -0.120. The van der Waals surface area contributed by atoms with Gasteiger partial charge < -0.3 is 10.1 Å². The van der Waals surface area contributed by atoms with Crippen LogP contribution in [-0.4, -0.2) is 18.9 Å². The highest BCUT2D eigenvalue weighted by Gasteiger charge is 2.41. The van der Waals surface area contributed by atoms with Crippen LogP contribution in [0.5, 0.6) is 5.75 Å². The number of nitrogens with one attached hydrogen (secondary N) is 1. The molecule has 1 heterocycles. The predicted octanol–water partition coefficient (Wildman–Crippen LogP) is 6.02. The van der Waals surface area contributed by atoms with Gasteiger partial charge in [0.25, 0.3) is 11.8 Å². The molecule has 0 spiro atoms. The van der Waals surface area contributed by atoms with Crippen LogP contribution in [-0.2, 0) is 9.59 Å². The molecule has 2 amide bonds. The topological polar surface area (TPSA) is 58.6 Å². The molecule has 0 saturated heterocycles. The van der Waals surface area contributed by atoms with E-state index in [0.29, 0.717) is 27.0 Å². The number of halogens is 2. The van der Waals surface area contributed by atoms with E-state index in [2.05, 4.69) is 5.32 Å². The summed E-state index contributed by atoms with van der Waals surface area (Å²) in [6, 6.07) is 17.5. The Morgan fingerprint density at radius 1 is 0.844 bits per heavy atom. The van der Waals surface area contributed by atoms with Crippen LogP contribution in [0, 0.1) is 13.8 Å². The Bertz CT molecular complexity index is 1270. The molecular weight excluding hydrogens is 447 g/mol. The first-order valence-electron chi connectivity index (χ1n) is 9.87. The number of hydrogen-bond acceptors (Lipinski definition) is 4. The Hall–Kier alpha value is -3.28. The second kappa shape index (κ2) is 8.69. The lowest BCUT2D eigenvalue weighted by Crippen LogP contribution is -2.32. The molecule has 3 aromatic rings. The van der Waals surface area contributed by atoms with E-state index in [1.165, 1.54) is 7.11 Å². The molecule has 0 saturated carbocycles. The minimum atomic E-state index is -0.500. The number of amides is 2. The summed E-state index contributed by atoms with van der Waals surface area (Å²) < 4.78 is 5.39. The zero-order chi connectivity index (χ0) is 23.0. The molecule has 0 aromatic heterocycles. The number of imide groups is 1. The van der Waals surface area contributed by atoms with Crippen molar-refractivity contribution in [3.63, 3.8) is 0 Å². The lowest BCUT2D eigenvalue weighted by atomic mass is 10.0. The van der Waals surface area contributed by atoms with Crippen LogP contribution in [0.3, 0.4) is 0 Å². The Morgan fingerprint density at radius 2 is 1.50 bits per heavy atom. The van der Waals surface area contributed by atoms with Crippen LogP contribution >= 0.6 is 23.2 Å². The molecule has 32 heavy (non-hydrogen) atoms. The second-order valence-corrected chi connectivity index (χ2v) is 8.34.